The smallest absolute Gasteiger partial charge is 0.253 e. The van der Waals surface area contributed by atoms with Crippen molar-refractivity contribution in [2.24, 2.45) is 7.05 Å². The first-order valence-corrected chi connectivity index (χ1v) is 13.0. The Balaban J connectivity index is 1.47. The van der Waals surface area contributed by atoms with Crippen LogP contribution in [0.25, 0.3) is 26.8 Å². The van der Waals surface area contributed by atoms with Gasteiger partial charge in [0.1, 0.15) is 0 Å². The molecule has 0 radical (unpaired) electrons. The van der Waals surface area contributed by atoms with Crippen LogP contribution in [0.4, 0.5) is 0 Å². The molecule has 0 aliphatic carbocycles. The fourth-order valence-electron chi connectivity index (χ4n) is 4.97. The minimum Gasteiger partial charge on any atom is -0.371 e. The Kier molecular flexibility index (Phi) is 6.17. The standard InChI is InChI=1S/C28H32N4OS/c1-5-11-30-28(33)26-19(3)31(4)24-16-20(8-9-22(24)26)15-21-10-12-29-23-17-25(34-27(21)23)18(2)32-13-6-7-14-32/h8-10,12,16-17H,2,5-7,11,13-15H2,1,3-4H3,(H,30,33). The minimum atomic E-state index is 0.0119. The number of carbonyl (C=O) groups excluding carboxylic acids is 1. The van der Waals surface area contributed by atoms with Crippen LogP contribution in [0.3, 0.4) is 0 Å². The van der Waals surface area contributed by atoms with Crippen molar-refractivity contribution in [2.45, 2.75) is 39.5 Å². The number of thiophene rings is 1. The summed E-state index contributed by atoms with van der Waals surface area (Å²) in [5, 5.41) is 4.04. The second kappa shape index (κ2) is 9.26. The van der Waals surface area contributed by atoms with E-state index in [2.05, 4.69) is 63.6 Å². The number of nitrogens with zero attached hydrogens (tertiary/aromatic N) is 3. The van der Waals surface area contributed by atoms with Crippen LogP contribution in [0.2, 0.25) is 0 Å². The number of hydrogen-bond acceptors (Lipinski definition) is 4. The van der Waals surface area contributed by atoms with Gasteiger partial charge in [-0.3, -0.25) is 9.78 Å². The zero-order valence-corrected chi connectivity index (χ0v) is 21.1. The molecule has 3 aromatic heterocycles. The summed E-state index contributed by atoms with van der Waals surface area (Å²) in [4.78, 5) is 21.0. The molecule has 5 rings (SSSR count). The van der Waals surface area contributed by atoms with Crippen LogP contribution in [0.15, 0.2) is 43.1 Å². The number of rotatable bonds is 7. The summed E-state index contributed by atoms with van der Waals surface area (Å²) >= 11 is 1.80. The number of aryl methyl sites for hydroxylation is 1. The number of likely N-dealkylation sites (tertiary alicyclic amines) is 1. The predicted octanol–water partition coefficient (Wildman–Crippen LogP) is 5.89. The third kappa shape index (κ3) is 4.00. The fraction of sp³-hybridized carbons (Fsp3) is 0.357. The lowest BCUT2D eigenvalue weighted by Gasteiger charge is -2.18. The molecule has 34 heavy (non-hydrogen) atoms. The van der Waals surface area contributed by atoms with Crippen molar-refractivity contribution in [3.63, 3.8) is 0 Å². The van der Waals surface area contributed by atoms with Gasteiger partial charge >= 0.3 is 0 Å². The first-order valence-electron chi connectivity index (χ1n) is 12.2. The lowest BCUT2D eigenvalue weighted by Crippen LogP contribution is -2.24. The fourth-order valence-corrected chi connectivity index (χ4v) is 6.09. The molecular weight excluding hydrogens is 440 g/mol. The Morgan fingerprint density at radius 2 is 2.00 bits per heavy atom. The van der Waals surface area contributed by atoms with Crippen molar-refractivity contribution in [3.8, 4) is 0 Å². The molecule has 0 atom stereocenters. The molecule has 1 aliphatic heterocycles. The highest BCUT2D eigenvalue weighted by Gasteiger charge is 2.20. The summed E-state index contributed by atoms with van der Waals surface area (Å²) in [5.74, 6) is 0.0119. The number of amides is 1. The number of nitrogens with one attached hydrogen (secondary N) is 1. The van der Waals surface area contributed by atoms with Crippen LogP contribution < -0.4 is 5.32 Å². The van der Waals surface area contributed by atoms with E-state index >= 15 is 0 Å². The lowest BCUT2D eigenvalue weighted by molar-refractivity contribution is 0.0954. The molecule has 0 bridgehead atoms. The molecule has 1 amide bonds. The second-order valence-corrected chi connectivity index (χ2v) is 10.3. The first-order chi connectivity index (χ1) is 16.5. The van der Waals surface area contributed by atoms with Gasteiger partial charge < -0.3 is 14.8 Å². The largest absolute Gasteiger partial charge is 0.371 e. The number of carbonyl (C=O) groups is 1. The first kappa shape index (κ1) is 22.7. The third-order valence-corrected chi connectivity index (χ3v) is 8.23. The molecule has 0 saturated carbocycles. The maximum Gasteiger partial charge on any atom is 0.253 e. The zero-order valence-electron chi connectivity index (χ0n) is 20.3. The summed E-state index contributed by atoms with van der Waals surface area (Å²) < 4.78 is 3.37. The van der Waals surface area contributed by atoms with E-state index in [1.54, 1.807) is 11.3 Å². The molecular formula is C28H32N4OS. The molecule has 1 N–H and O–H groups in total. The molecule has 1 fully saturated rings. The average Bonchev–Trinajstić information content (AvgIpc) is 3.57. The quantitative estimate of drug-likeness (QED) is 0.365. The molecule has 6 heteroatoms. The Morgan fingerprint density at radius 1 is 1.21 bits per heavy atom. The van der Waals surface area contributed by atoms with Crippen molar-refractivity contribution in [3.05, 3.63) is 70.4 Å². The summed E-state index contributed by atoms with van der Waals surface area (Å²) in [7, 11) is 2.04. The molecule has 0 unspecified atom stereocenters. The van der Waals surface area contributed by atoms with E-state index in [9.17, 15) is 4.79 Å². The van der Waals surface area contributed by atoms with Crippen LogP contribution >= 0.6 is 11.3 Å². The van der Waals surface area contributed by atoms with Gasteiger partial charge in [0, 0.05) is 55.2 Å². The molecule has 1 aromatic carbocycles. The molecule has 5 nitrogen and oxygen atoms in total. The maximum atomic E-state index is 12.8. The van der Waals surface area contributed by atoms with Crippen molar-refractivity contribution >= 4 is 44.1 Å². The molecule has 4 aromatic rings. The molecule has 1 saturated heterocycles. The Labute approximate surface area is 205 Å². The van der Waals surface area contributed by atoms with Crippen molar-refractivity contribution in [1.82, 2.24) is 19.8 Å². The van der Waals surface area contributed by atoms with Crippen LogP contribution in [0.5, 0.6) is 0 Å². The Bertz CT molecular complexity index is 1390. The monoisotopic (exact) mass is 472 g/mol. The highest BCUT2D eigenvalue weighted by Crippen LogP contribution is 2.35. The summed E-state index contributed by atoms with van der Waals surface area (Å²) in [5.41, 5.74) is 7.55. The molecule has 176 valence electrons. The van der Waals surface area contributed by atoms with Gasteiger partial charge in [0.2, 0.25) is 0 Å². The van der Waals surface area contributed by atoms with Gasteiger partial charge in [-0.15, -0.1) is 11.3 Å². The average molecular weight is 473 g/mol. The number of aromatic nitrogens is 2. The van der Waals surface area contributed by atoms with Crippen molar-refractivity contribution < 1.29 is 4.79 Å². The number of benzene rings is 1. The van der Waals surface area contributed by atoms with Gasteiger partial charge in [0.05, 0.1) is 20.7 Å². The lowest BCUT2D eigenvalue weighted by atomic mass is 10.0. The van der Waals surface area contributed by atoms with Crippen LogP contribution in [0, 0.1) is 6.92 Å². The minimum absolute atomic E-state index is 0.0119. The highest BCUT2D eigenvalue weighted by molar-refractivity contribution is 7.20. The van der Waals surface area contributed by atoms with E-state index in [1.165, 1.54) is 33.5 Å². The SMILES string of the molecule is C=C(c1cc2nccc(Cc3ccc4c(C(=O)NCCC)c(C)n(C)c4c3)c2s1)N1CCCC1. The van der Waals surface area contributed by atoms with Gasteiger partial charge in [-0.05, 0) is 61.9 Å². The number of hydrogen-bond donors (Lipinski definition) is 1. The number of fused-ring (bicyclic) bond motifs is 2. The van der Waals surface area contributed by atoms with Crippen molar-refractivity contribution in [1.29, 1.82) is 0 Å². The van der Waals surface area contributed by atoms with E-state index < -0.39 is 0 Å². The van der Waals surface area contributed by atoms with E-state index in [0.717, 1.165) is 59.3 Å². The van der Waals surface area contributed by atoms with Gasteiger partial charge in [-0.1, -0.05) is 25.6 Å². The van der Waals surface area contributed by atoms with Gasteiger partial charge in [0.15, 0.2) is 0 Å². The maximum absolute atomic E-state index is 12.8. The third-order valence-electron chi connectivity index (χ3n) is 6.98. The normalized spacial score (nSPS) is 13.8. The van der Waals surface area contributed by atoms with Crippen LogP contribution in [-0.2, 0) is 13.5 Å². The van der Waals surface area contributed by atoms with Crippen LogP contribution in [-0.4, -0.2) is 40.0 Å². The summed E-state index contributed by atoms with van der Waals surface area (Å²) in [6.45, 7) is 11.4. The Hall–Kier alpha value is -3.12. The van der Waals surface area contributed by atoms with Gasteiger partial charge in [0.25, 0.3) is 5.91 Å². The van der Waals surface area contributed by atoms with Gasteiger partial charge in [-0.2, -0.15) is 0 Å². The van der Waals surface area contributed by atoms with E-state index in [0.29, 0.717) is 6.54 Å². The van der Waals surface area contributed by atoms with E-state index in [4.69, 9.17) is 0 Å². The summed E-state index contributed by atoms with van der Waals surface area (Å²) in [6, 6.07) is 10.8. The van der Waals surface area contributed by atoms with E-state index in [-0.39, 0.29) is 5.91 Å². The zero-order chi connectivity index (χ0) is 23.8. The Morgan fingerprint density at radius 3 is 2.76 bits per heavy atom. The van der Waals surface area contributed by atoms with Crippen molar-refractivity contribution in [2.75, 3.05) is 19.6 Å². The highest BCUT2D eigenvalue weighted by atomic mass is 32.1. The molecule has 0 spiro atoms. The molecule has 4 heterocycles. The van der Waals surface area contributed by atoms with Gasteiger partial charge in [-0.25, -0.2) is 0 Å². The predicted molar refractivity (Wildman–Crippen MR) is 143 cm³/mol. The van der Waals surface area contributed by atoms with E-state index in [1.807, 2.05) is 20.2 Å². The molecule has 1 aliphatic rings. The van der Waals surface area contributed by atoms with Crippen LogP contribution in [0.1, 0.15) is 58.2 Å². The summed E-state index contributed by atoms with van der Waals surface area (Å²) in [6.07, 6.45) is 6.16. The number of pyridine rings is 1. The second-order valence-electron chi connectivity index (χ2n) is 9.24. The topological polar surface area (TPSA) is 50.2 Å².